The number of aryl methyl sites for hydroxylation is 1. The minimum absolute atomic E-state index is 1.39. The molecule has 0 N–H and O–H groups in total. The van der Waals surface area contributed by atoms with E-state index < -0.39 is 8.07 Å². The quantitative estimate of drug-likeness (QED) is 0.513. The van der Waals surface area contributed by atoms with Crippen molar-refractivity contribution in [2.75, 3.05) is 0 Å². The van der Waals surface area contributed by atoms with Gasteiger partial charge in [0.05, 0.1) is 0 Å². The van der Waals surface area contributed by atoms with Crippen LogP contribution >= 0.6 is 0 Å². The van der Waals surface area contributed by atoms with E-state index in [1.807, 2.05) is 0 Å². The lowest BCUT2D eigenvalue weighted by atomic mass is 10.2. The van der Waals surface area contributed by atoms with E-state index in [0.717, 1.165) is 0 Å². The summed E-state index contributed by atoms with van der Waals surface area (Å²) in [5.74, 6) is 0. The van der Waals surface area contributed by atoms with Crippen molar-refractivity contribution in [2.45, 2.75) is 13.5 Å². The van der Waals surface area contributed by atoms with Crippen LogP contribution in [-0.4, -0.2) is 8.07 Å². The number of benzene rings is 3. The van der Waals surface area contributed by atoms with E-state index in [2.05, 4.69) is 98.4 Å². The molecule has 0 aliphatic rings. The molecule has 0 saturated heterocycles. The monoisotopic (exact) mass is 288 g/mol. The van der Waals surface area contributed by atoms with Crippen molar-refractivity contribution in [1.29, 1.82) is 0 Å². The van der Waals surface area contributed by atoms with Crippen molar-refractivity contribution in [1.82, 2.24) is 0 Å². The van der Waals surface area contributed by atoms with Crippen LogP contribution in [0.3, 0.4) is 0 Å². The minimum atomic E-state index is -1.92. The van der Waals surface area contributed by atoms with Crippen LogP contribution in [0.15, 0.2) is 84.9 Å². The van der Waals surface area contributed by atoms with Crippen molar-refractivity contribution in [3.05, 3.63) is 90.5 Å². The molecular weight excluding hydrogens is 268 g/mol. The zero-order chi connectivity index (χ0) is 14.7. The summed E-state index contributed by atoms with van der Waals surface area (Å²) in [6.07, 6.45) is 0. The predicted molar refractivity (Wildman–Crippen MR) is 94.6 cm³/mol. The van der Waals surface area contributed by atoms with E-state index >= 15 is 0 Å². The van der Waals surface area contributed by atoms with Crippen LogP contribution in [0.5, 0.6) is 0 Å². The molecule has 0 saturated carbocycles. The predicted octanol–water partition coefficient (Wildman–Crippen LogP) is 3.10. The van der Waals surface area contributed by atoms with Gasteiger partial charge in [-0.2, -0.15) is 0 Å². The van der Waals surface area contributed by atoms with E-state index in [1.165, 1.54) is 21.1 Å². The molecule has 3 rings (SSSR count). The summed E-state index contributed by atoms with van der Waals surface area (Å²) < 4.78 is 0. The molecule has 0 heterocycles. The van der Waals surface area contributed by atoms with Crippen molar-refractivity contribution >= 4 is 23.6 Å². The Labute approximate surface area is 128 Å². The minimum Gasteiger partial charge on any atom is -0.0624 e. The summed E-state index contributed by atoms with van der Waals surface area (Å²) in [5.41, 5.74) is 1.39. The Morgan fingerprint density at radius 2 is 1.00 bits per heavy atom. The zero-order valence-electron chi connectivity index (χ0n) is 12.6. The second kappa shape index (κ2) is 5.70. The van der Waals surface area contributed by atoms with Gasteiger partial charge in [0, 0.05) is 0 Å². The lowest BCUT2D eigenvalue weighted by Crippen LogP contribution is -2.65. The van der Waals surface area contributed by atoms with Gasteiger partial charge in [0.2, 0.25) is 0 Å². The van der Waals surface area contributed by atoms with Crippen molar-refractivity contribution in [2.24, 2.45) is 0 Å². The third kappa shape index (κ3) is 2.45. The molecule has 0 fully saturated rings. The highest BCUT2D eigenvalue weighted by atomic mass is 28.3. The lowest BCUT2D eigenvalue weighted by Gasteiger charge is -2.30. The van der Waals surface area contributed by atoms with Crippen LogP contribution in [0.25, 0.3) is 0 Å². The van der Waals surface area contributed by atoms with E-state index in [-0.39, 0.29) is 0 Å². The zero-order valence-corrected chi connectivity index (χ0v) is 13.6. The molecule has 3 aromatic rings. The van der Waals surface area contributed by atoms with Gasteiger partial charge in [0.1, 0.15) is 8.07 Å². The summed E-state index contributed by atoms with van der Waals surface area (Å²) in [6, 6.07) is 30.8. The molecule has 0 unspecified atom stereocenters. The van der Waals surface area contributed by atoms with Crippen LogP contribution in [0, 0.1) is 6.92 Å². The van der Waals surface area contributed by atoms with Crippen LogP contribution in [0.2, 0.25) is 6.55 Å². The molecule has 21 heavy (non-hydrogen) atoms. The standard InChI is InChI=1S/C20H20Si/c1-17-11-9-10-16-20(17)21(2,18-12-5-3-6-13-18)19-14-7-4-8-15-19/h3-16H,1-2H3. The molecule has 0 aliphatic carbocycles. The van der Waals surface area contributed by atoms with Gasteiger partial charge in [-0.25, -0.2) is 0 Å². The molecule has 0 spiro atoms. The molecule has 0 nitrogen and oxygen atoms in total. The molecule has 104 valence electrons. The van der Waals surface area contributed by atoms with Crippen LogP contribution in [0.1, 0.15) is 5.56 Å². The number of rotatable bonds is 3. The topological polar surface area (TPSA) is 0 Å². The first kappa shape index (κ1) is 13.8. The van der Waals surface area contributed by atoms with E-state index in [4.69, 9.17) is 0 Å². The highest BCUT2D eigenvalue weighted by Gasteiger charge is 2.34. The Morgan fingerprint density at radius 1 is 0.571 bits per heavy atom. The van der Waals surface area contributed by atoms with Gasteiger partial charge in [0.15, 0.2) is 0 Å². The fourth-order valence-electron chi connectivity index (χ4n) is 3.15. The van der Waals surface area contributed by atoms with Crippen LogP contribution < -0.4 is 15.6 Å². The Bertz CT molecular complexity index is 678. The normalized spacial score (nSPS) is 11.3. The maximum Gasteiger partial charge on any atom is 0.145 e. The van der Waals surface area contributed by atoms with Gasteiger partial charge < -0.3 is 0 Å². The first-order valence-electron chi connectivity index (χ1n) is 7.40. The van der Waals surface area contributed by atoms with Gasteiger partial charge in [-0.1, -0.05) is 97.0 Å². The van der Waals surface area contributed by atoms with E-state index in [1.54, 1.807) is 0 Å². The molecule has 0 aromatic heterocycles. The molecule has 0 radical (unpaired) electrons. The number of hydrogen-bond acceptors (Lipinski definition) is 0. The Morgan fingerprint density at radius 3 is 1.48 bits per heavy atom. The molecule has 0 aliphatic heterocycles. The van der Waals surface area contributed by atoms with Gasteiger partial charge in [-0.15, -0.1) is 0 Å². The molecule has 0 bridgehead atoms. The smallest absolute Gasteiger partial charge is 0.0624 e. The average Bonchev–Trinajstić information content (AvgIpc) is 2.56. The second-order valence-electron chi connectivity index (χ2n) is 5.67. The first-order chi connectivity index (χ1) is 10.2. The third-order valence-electron chi connectivity index (χ3n) is 4.39. The van der Waals surface area contributed by atoms with Gasteiger partial charge >= 0.3 is 0 Å². The summed E-state index contributed by atoms with van der Waals surface area (Å²) >= 11 is 0. The second-order valence-corrected chi connectivity index (χ2v) is 9.62. The Hall–Kier alpha value is -2.12. The maximum absolute atomic E-state index is 2.46. The fraction of sp³-hybridized carbons (Fsp3) is 0.100. The molecule has 0 amide bonds. The van der Waals surface area contributed by atoms with E-state index in [0.29, 0.717) is 0 Å². The highest BCUT2D eigenvalue weighted by molar-refractivity contribution is 7.10. The average molecular weight is 288 g/mol. The Kier molecular flexibility index (Phi) is 3.76. The largest absolute Gasteiger partial charge is 0.145 e. The summed E-state index contributed by atoms with van der Waals surface area (Å²) in [7, 11) is -1.92. The molecule has 3 aromatic carbocycles. The van der Waals surface area contributed by atoms with Gasteiger partial charge in [0.25, 0.3) is 0 Å². The van der Waals surface area contributed by atoms with Crippen LogP contribution in [0.4, 0.5) is 0 Å². The fourth-order valence-corrected chi connectivity index (χ4v) is 7.13. The van der Waals surface area contributed by atoms with Crippen molar-refractivity contribution in [3.63, 3.8) is 0 Å². The molecule has 1 heteroatoms. The van der Waals surface area contributed by atoms with E-state index in [9.17, 15) is 0 Å². The third-order valence-corrected chi connectivity index (χ3v) is 9.00. The molecule has 0 atom stereocenters. The maximum atomic E-state index is 2.46. The summed E-state index contributed by atoms with van der Waals surface area (Å²) in [5, 5.41) is 4.43. The van der Waals surface area contributed by atoms with Gasteiger partial charge in [-0.05, 0) is 22.5 Å². The lowest BCUT2D eigenvalue weighted by molar-refractivity contribution is 1.50. The van der Waals surface area contributed by atoms with Gasteiger partial charge in [-0.3, -0.25) is 0 Å². The van der Waals surface area contributed by atoms with Crippen molar-refractivity contribution in [3.8, 4) is 0 Å². The highest BCUT2D eigenvalue weighted by Crippen LogP contribution is 2.09. The van der Waals surface area contributed by atoms with Crippen LogP contribution in [-0.2, 0) is 0 Å². The first-order valence-corrected chi connectivity index (χ1v) is 9.90. The molecular formula is C20H20Si. The number of hydrogen-bond donors (Lipinski definition) is 0. The summed E-state index contributed by atoms with van der Waals surface area (Å²) in [6.45, 7) is 4.69. The Balaban J connectivity index is 2.29. The SMILES string of the molecule is Cc1ccccc1[Si](C)(c1ccccc1)c1ccccc1. The van der Waals surface area contributed by atoms with Crippen molar-refractivity contribution < 1.29 is 0 Å². The summed E-state index contributed by atoms with van der Waals surface area (Å²) in [4.78, 5) is 0.